The highest BCUT2D eigenvalue weighted by atomic mass is 32.2. The standard InChI is InChI=1S/C27H25N5O3S/c1-35-21-11-7-10-20(16-21)17-28-24(33)18-36-27-30-29-26-31(15-14-19-8-3-2-4-9-19)25(34)22-12-5-6-13-23(22)32(26)27/h2-13,16H,14-15,17-18H2,1H3,(H,28,33). The molecule has 2 heterocycles. The fraction of sp³-hybridized carbons (Fsp3) is 0.185. The molecule has 5 rings (SSSR count). The van der Waals surface area contributed by atoms with Gasteiger partial charge in [-0.2, -0.15) is 0 Å². The molecule has 0 atom stereocenters. The van der Waals surface area contributed by atoms with E-state index in [2.05, 4.69) is 15.5 Å². The molecule has 0 radical (unpaired) electrons. The average Bonchev–Trinajstić information content (AvgIpc) is 3.35. The van der Waals surface area contributed by atoms with E-state index >= 15 is 0 Å². The highest BCUT2D eigenvalue weighted by Gasteiger charge is 2.17. The van der Waals surface area contributed by atoms with E-state index in [0.717, 1.165) is 22.4 Å². The van der Waals surface area contributed by atoms with Gasteiger partial charge in [-0.15, -0.1) is 10.2 Å². The van der Waals surface area contributed by atoms with Gasteiger partial charge < -0.3 is 10.1 Å². The molecule has 1 amide bonds. The molecule has 0 bridgehead atoms. The topological polar surface area (TPSA) is 90.5 Å². The van der Waals surface area contributed by atoms with E-state index in [1.54, 1.807) is 11.7 Å². The Labute approximate surface area is 211 Å². The first-order valence-corrected chi connectivity index (χ1v) is 12.6. The number of benzene rings is 3. The summed E-state index contributed by atoms with van der Waals surface area (Å²) >= 11 is 1.29. The van der Waals surface area contributed by atoms with Crippen LogP contribution in [0.3, 0.4) is 0 Å². The fourth-order valence-electron chi connectivity index (χ4n) is 4.08. The number of fused-ring (bicyclic) bond motifs is 3. The Morgan fingerprint density at radius 3 is 2.58 bits per heavy atom. The summed E-state index contributed by atoms with van der Waals surface area (Å²) in [6.45, 7) is 0.875. The Morgan fingerprint density at radius 2 is 1.75 bits per heavy atom. The largest absolute Gasteiger partial charge is 0.497 e. The number of aryl methyl sites for hydroxylation is 2. The summed E-state index contributed by atoms with van der Waals surface area (Å²) in [5.41, 5.74) is 2.71. The highest BCUT2D eigenvalue weighted by molar-refractivity contribution is 7.99. The molecule has 2 aromatic heterocycles. The van der Waals surface area contributed by atoms with E-state index in [1.807, 2.05) is 83.3 Å². The molecule has 9 heteroatoms. The second kappa shape index (κ2) is 10.7. The number of nitrogens with zero attached hydrogens (tertiary/aromatic N) is 4. The van der Waals surface area contributed by atoms with Crippen molar-refractivity contribution >= 4 is 34.3 Å². The third-order valence-electron chi connectivity index (χ3n) is 5.90. The second-order valence-corrected chi connectivity index (χ2v) is 9.19. The minimum absolute atomic E-state index is 0.103. The zero-order chi connectivity index (χ0) is 24.9. The molecule has 0 aliphatic carbocycles. The maximum atomic E-state index is 13.3. The van der Waals surface area contributed by atoms with Gasteiger partial charge in [-0.05, 0) is 41.8 Å². The molecule has 36 heavy (non-hydrogen) atoms. The van der Waals surface area contributed by atoms with Crippen LogP contribution in [-0.2, 0) is 24.3 Å². The van der Waals surface area contributed by atoms with Crippen molar-refractivity contribution in [2.75, 3.05) is 12.9 Å². The molecule has 1 N–H and O–H groups in total. The van der Waals surface area contributed by atoms with Crippen molar-refractivity contribution in [1.29, 1.82) is 0 Å². The van der Waals surface area contributed by atoms with Crippen LogP contribution in [0.15, 0.2) is 88.8 Å². The predicted octanol–water partition coefficient (Wildman–Crippen LogP) is 3.70. The maximum Gasteiger partial charge on any atom is 0.262 e. The van der Waals surface area contributed by atoms with Crippen molar-refractivity contribution < 1.29 is 9.53 Å². The van der Waals surface area contributed by atoms with Crippen LogP contribution in [0.4, 0.5) is 0 Å². The van der Waals surface area contributed by atoms with E-state index in [1.165, 1.54) is 11.8 Å². The number of carbonyl (C=O) groups is 1. The van der Waals surface area contributed by atoms with E-state index < -0.39 is 0 Å². The van der Waals surface area contributed by atoms with Crippen LogP contribution in [0.1, 0.15) is 11.1 Å². The van der Waals surface area contributed by atoms with Gasteiger partial charge in [0, 0.05) is 13.1 Å². The number of nitrogens with one attached hydrogen (secondary N) is 1. The Morgan fingerprint density at radius 1 is 0.972 bits per heavy atom. The number of amides is 1. The van der Waals surface area contributed by atoms with Gasteiger partial charge >= 0.3 is 0 Å². The molecule has 0 aliphatic heterocycles. The first kappa shape index (κ1) is 23.6. The lowest BCUT2D eigenvalue weighted by Crippen LogP contribution is -2.25. The quantitative estimate of drug-likeness (QED) is 0.311. The van der Waals surface area contributed by atoms with Gasteiger partial charge in [0.2, 0.25) is 11.7 Å². The molecule has 182 valence electrons. The Bertz CT molecular complexity index is 1580. The fourth-order valence-corrected chi connectivity index (χ4v) is 4.85. The van der Waals surface area contributed by atoms with Gasteiger partial charge in [-0.1, -0.05) is 66.4 Å². The second-order valence-electron chi connectivity index (χ2n) is 8.24. The van der Waals surface area contributed by atoms with Crippen LogP contribution in [-0.4, -0.2) is 37.9 Å². The van der Waals surface area contributed by atoms with Gasteiger partial charge in [0.1, 0.15) is 5.75 Å². The van der Waals surface area contributed by atoms with Crippen molar-refractivity contribution in [3.05, 3.63) is 100 Å². The summed E-state index contributed by atoms with van der Waals surface area (Å²) in [6, 6.07) is 25.0. The van der Waals surface area contributed by atoms with Crippen LogP contribution in [0.25, 0.3) is 16.7 Å². The van der Waals surface area contributed by atoms with Crippen LogP contribution in [0.5, 0.6) is 5.75 Å². The smallest absolute Gasteiger partial charge is 0.262 e. The molecule has 5 aromatic rings. The van der Waals surface area contributed by atoms with E-state index in [-0.39, 0.29) is 17.2 Å². The minimum Gasteiger partial charge on any atom is -0.497 e. The van der Waals surface area contributed by atoms with Crippen molar-refractivity contribution in [3.8, 4) is 5.75 Å². The van der Waals surface area contributed by atoms with Gasteiger partial charge in [0.25, 0.3) is 5.56 Å². The molecule has 0 aliphatic rings. The molecule has 0 saturated carbocycles. The first-order chi connectivity index (χ1) is 17.6. The Balaban J connectivity index is 1.37. The number of hydrogen-bond donors (Lipinski definition) is 1. The van der Waals surface area contributed by atoms with Gasteiger partial charge in [-0.3, -0.25) is 18.6 Å². The number of rotatable bonds is 9. The molecular formula is C27H25N5O3S. The zero-order valence-electron chi connectivity index (χ0n) is 19.8. The number of methoxy groups -OCH3 is 1. The predicted molar refractivity (Wildman–Crippen MR) is 140 cm³/mol. The van der Waals surface area contributed by atoms with Crippen molar-refractivity contribution in [2.24, 2.45) is 0 Å². The summed E-state index contributed by atoms with van der Waals surface area (Å²) in [4.78, 5) is 25.9. The third kappa shape index (κ3) is 4.96. The monoisotopic (exact) mass is 499 g/mol. The van der Waals surface area contributed by atoms with E-state index in [0.29, 0.717) is 35.8 Å². The van der Waals surface area contributed by atoms with Crippen molar-refractivity contribution in [3.63, 3.8) is 0 Å². The molecule has 3 aromatic carbocycles. The van der Waals surface area contributed by atoms with E-state index in [9.17, 15) is 9.59 Å². The third-order valence-corrected chi connectivity index (χ3v) is 6.83. The normalized spacial score (nSPS) is 11.1. The first-order valence-electron chi connectivity index (χ1n) is 11.6. The lowest BCUT2D eigenvalue weighted by Gasteiger charge is -2.11. The van der Waals surface area contributed by atoms with Crippen molar-refractivity contribution in [1.82, 2.24) is 24.5 Å². The van der Waals surface area contributed by atoms with Crippen LogP contribution < -0.4 is 15.6 Å². The SMILES string of the molecule is COc1cccc(CNC(=O)CSc2nnc3n(CCc4ccccc4)c(=O)c4ccccc4n23)c1. The molecule has 0 fully saturated rings. The van der Waals surface area contributed by atoms with Crippen molar-refractivity contribution in [2.45, 2.75) is 24.7 Å². The van der Waals surface area contributed by atoms with Gasteiger partial charge in [0.05, 0.1) is 23.8 Å². The number of hydrogen-bond acceptors (Lipinski definition) is 6. The molecule has 0 saturated heterocycles. The van der Waals surface area contributed by atoms with Crippen LogP contribution in [0, 0.1) is 0 Å². The van der Waals surface area contributed by atoms with Gasteiger partial charge in [-0.25, -0.2) is 0 Å². The zero-order valence-corrected chi connectivity index (χ0v) is 20.6. The lowest BCUT2D eigenvalue weighted by atomic mass is 10.1. The lowest BCUT2D eigenvalue weighted by molar-refractivity contribution is -0.118. The highest BCUT2D eigenvalue weighted by Crippen LogP contribution is 2.22. The molecular weight excluding hydrogens is 474 g/mol. The Hall–Kier alpha value is -4.11. The number of ether oxygens (including phenoxy) is 1. The van der Waals surface area contributed by atoms with Crippen LogP contribution in [0.2, 0.25) is 0 Å². The summed E-state index contributed by atoms with van der Waals surface area (Å²) in [7, 11) is 1.61. The molecule has 0 spiro atoms. The number of para-hydroxylation sites is 1. The number of aromatic nitrogens is 4. The average molecular weight is 500 g/mol. The summed E-state index contributed by atoms with van der Waals surface area (Å²) in [6.07, 6.45) is 0.691. The van der Waals surface area contributed by atoms with Crippen LogP contribution >= 0.6 is 11.8 Å². The summed E-state index contributed by atoms with van der Waals surface area (Å²) in [5.74, 6) is 1.26. The van der Waals surface area contributed by atoms with E-state index in [4.69, 9.17) is 4.74 Å². The maximum absolute atomic E-state index is 13.3. The number of thioether (sulfide) groups is 1. The number of carbonyl (C=O) groups excluding carboxylic acids is 1. The van der Waals surface area contributed by atoms with Gasteiger partial charge in [0.15, 0.2) is 5.16 Å². The summed E-state index contributed by atoms with van der Waals surface area (Å²) < 4.78 is 8.76. The molecule has 8 nitrogen and oxygen atoms in total. The Kier molecular flexibility index (Phi) is 6.99. The summed E-state index contributed by atoms with van der Waals surface area (Å²) in [5, 5.41) is 12.8. The minimum atomic E-state index is -0.124. The molecule has 0 unspecified atom stereocenters.